The van der Waals surface area contributed by atoms with Gasteiger partial charge in [0.2, 0.25) is 5.92 Å². The highest BCUT2D eigenvalue weighted by molar-refractivity contribution is 5.95. The molecule has 7 heteroatoms. The van der Waals surface area contributed by atoms with E-state index in [1.54, 1.807) is 23.2 Å². The number of hydrogen-bond acceptors (Lipinski definition) is 4. The van der Waals surface area contributed by atoms with Gasteiger partial charge in [-0.2, -0.15) is 0 Å². The van der Waals surface area contributed by atoms with Gasteiger partial charge in [0.15, 0.2) is 0 Å². The number of alkyl halides is 2. The van der Waals surface area contributed by atoms with Crippen LogP contribution in [0.4, 0.5) is 8.78 Å². The van der Waals surface area contributed by atoms with Crippen LogP contribution in [0.2, 0.25) is 0 Å². The largest absolute Gasteiger partial charge is 0.361 e. The van der Waals surface area contributed by atoms with Gasteiger partial charge in [-0.15, -0.1) is 0 Å². The van der Waals surface area contributed by atoms with Crippen LogP contribution < -0.4 is 0 Å². The summed E-state index contributed by atoms with van der Waals surface area (Å²) in [6.45, 7) is 1.83. The van der Waals surface area contributed by atoms with Crippen LogP contribution in [0.25, 0.3) is 33.3 Å². The monoisotopic (exact) mass is 464 g/mol. The molecule has 2 saturated carbocycles. The summed E-state index contributed by atoms with van der Waals surface area (Å²) < 4.78 is 52.9. The van der Waals surface area contributed by atoms with Crippen LogP contribution in [-0.4, -0.2) is 25.6 Å². The SMILES string of the molecule is [2H]C([2H])(C1CCC(F)(F)CC1)n1cc(-c2ccnc(C3CC3)c2)c2ncc(-c3c(C)noc3C)cc21. The molecule has 2 aliphatic rings. The molecule has 176 valence electrons. The first-order chi connectivity index (χ1) is 17.1. The van der Waals surface area contributed by atoms with Gasteiger partial charge < -0.3 is 9.09 Å². The number of aromatic nitrogens is 4. The second-order valence-electron chi connectivity index (χ2n) is 9.71. The maximum Gasteiger partial charge on any atom is 0.248 e. The van der Waals surface area contributed by atoms with Crippen molar-refractivity contribution in [1.29, 1.82) is 0 Å². The van der Waals surface area contributed by atoms with Crippen molar-refractivity contribution in [1.82, 2.24) is 19.7 Å². The Morgan fingerprint density at radius 2 is 1.91 bits per heavy atom. The zero-order valence-corrected chi connectivity index (χ0v) is 19.3. The summed E-state index contributed by atoms with van der Waals surface area (Å²) in [5.74, 6) is -2.10. The first-order valence-electron chi connectivity index (χ1n) is 12.9. The van der Waals surface area contributed by atoms with Gasteiger partial charge in [0.05, 0.1) is 19.5 Å². The molecule has 0 bridgehead atoms. The first-order valence-corrected chi connectivity index (χ1v) is 11.9. The van der Waals surface area contributed by atoms with E-state index >= 15 is 0 Å². The molecule has 0 spiro atoms. The van der Waals surface area contributed by atoms with E-state index in [1.807, 2.05) is 26.0 Å². The van der Waals surface area contributed by atoms with Gasteiger partial charge in [-0.25, -0.2) is 8.78 Å². The standard InChI is InChI=1S/C27H28F2N4O/c1-16-25(17(2)34-32-16)21-12-24-26(31-13-21)22(20-7-10-30-23(11-20)19-3-4-19)15-33(24)14-18-5-8-27(28,29)9-6-18/h7,10-13,15,18-19H,3-6,8-9,14H2,1-2H3/i14D2. The minimum Gasteiger partial charge on any atom is -0.361 e. The zero-order chi connectivity index (χ0) is 25.2. The van der Waals surface area contributed by atoms with Crippen molar-refractivity contribution >= 4 is 11.0 Å². The molecule has 34 heavy (non-hydrogen) atoms. The van der Waals surface area contributed by atoms with Gasteiger partial charge in [-0.1, -0.05) is 5.16 Å². The number of rotatable bonds is 5. The molecule has 0 aliphatic heterocycles. The molecular weight excluding hydrogens is 434 g/mol. The summed E-state index contributed by atoms with van der Waals surface area (Å²) in [6.07, 6.45) is 7.30. The smallest absolute Gasteiger partial charge is 0.248 e. The second kappa shape index (κ2) is 8.00. The van der Waals surface area contributed by atoms with Crippen LogP contribution in [0.5, 0.6) is 0 Å². The molecule has 2 aliphatic carbocycles. The topological polar surface area (TPSA) is 56.7 Å². The Morgan fingerprint density at radius 3 is 2.62 bits per heavy atom. The average molecular weight is 465 g/mol. The minimum atomic E-state index is -2.72. The van der Waals surface area contributed by atoms with E-state index in [2.05, 4.69) is 16.2 Å². The number of aryl methyl sites for hydroxylation is 2. The van der Waals surface area contributed by atoms with Crippen LogP contribution in [0.3, 0.4) is 0 Å². The van der Waals surface area contributed by atoms with Crippen LogP contribution >= 0.6 is 0 Å². The maximum absolute atomic E-state index is 13.9. The van der Waals surface area contributed by atoms with E-state index in [9.17, 15) is 8.78 Å². The van der Waals surface area contributed by atoms with Crippen molar-refractivity contribution in [2.24, 2.45) is 5.92 Å². The third-order valence-electron chi connectivity index (χ3n) is 7.09. The van der Waals surface area contributed by atoms with Gasteiger partial charge in [0.25, 0.3) is 0 Å². The number of nitrogens with zero attached hydrogens (tertiary/aromatic N) is 4. The Labute approximate surface area is 200 Å². The van der Waals surface area contributed by atoms with Gasteiger partial charge >= 0.3 is 0 Å². The first kappa shape index (κ1) is 19.2. The summed E-state index contributed by atoms with van der Waals surface area (Å²) in [5.41, 5.74) is 6.41. The Balaban J connectivity index is 1.52. The summed E-state index contributed by atoms with van der Waals surface area (Å²) in [7, 11) is 0. The lowest BCUT2D eigenvalue weighted by atomic mass is 9.87. The highest BCUT2D eigenvalue weighted by Crippen LogP contribution is 2.42. The number of pyridine rings is 2. The van der Waals surface area contributed by atoms with Gasteiger partial charge in [-0.3, -0.25) is 9.97 Å². The molecule has 4 aromatic rings. The van der Waals surface area contributed by atoms with Crippen molar-refractivity contribution < 1.29 is 16.0 Å². The predicted octanol–water partition coefficient (Wildman–Crippen LogP) is 7.07. The fourth-order valence-corrected chi connectivity index (χ4v) is 5.04. The van der Waals surface area contributed by atoms with Gasteiger partial charge in [-0.05, 0) is 69.2 Å². The molecular formula is C27H28F2N4O. The van der Waals surface area contributed by atoms with E-state index in [0.29, 0.717) is 22.7 Å². The quantitative estimate of drug-likeness (QED) is 0.317. The molecule has 2 fully saturated rings. The third-order valence-corrected chi connectivity index (χ3v) is 7.09. The van der Waals surface area contributed by atoms with Crippen LogP contribution in [0, 0.1) is 19.8 Å². The van der Waals surface area contributed by atoms with Crippen molar-refractivity contribution in [3.05, 3.63) is 53.9 Å². The molecule has 0 N–H and O–H groups in total. The molecule has 4 aromatic heterocycles. The molecule has 0 aromatic carbocycles. The lowest BCUT2D eigenvalue weighted by molar-refractivity contribution is -0.0472. The van der Waals surface area contributed by atoms with E-state index in [-0.39, 0.29) is 25.7 Å². The van der Waals surface area contributed by atoms with Gasteiger partial charge in [0.1, 0.15) is 5.76 Å². The van der Waals surface area contributed by atoms with Crippen molar-refractivity contribution in [2.45, 2.75) is 70.7 Å². The Morgan fingerprint density at radius 1 is 1.12 bits per heavy atom. The molecule has 0 radical (unpaired) electrons. The normalized spacial score (nSPS) is 19.9. The minimum absolute atomic E-state index is 0.132. The van der Waals surface area contributed by atoms with Gasteiger partial charge in [0, 0.05) is 66.2 Å². The molecule has 0 unspecified atom stereocenters. The zero-order valence-electron chi connectivity index (χ0n) is 21.3. The van der Waals surface area contributed by atoms with E-state index in [1.165, 1.54) is 0 Å². The fraction of sp³-hybridized carbons (Fsp3) is 0.444. The molecule has 5 nitrogen and oxygen atoms in total. The van der Waals surface area contributed by atoms with Crippen molar-refractivity contribution in [3.63, 3.8) is 0 Å². The molecule has 4 heterocycles. The number of fused-ring (bicyclic) bond motifs is 1. The summed E-state index contributed by atoms with van der Waals surface area (Å²) in [5, 5.41) is 4.05. The summed E-state index contributed by atoms with van der Waals surface area (Å²) >= 11 is 0. The number of hydrogen-bond donors (Lipinski definition) is 0. The lowest BCUT2D eigenvalue weighted by Crippen LogP contribution is -2.26. The highest BCUT2D eigenvalue weighted by Gasteiger charge is 2.35. The van der Waals surface area contributed by atoms with Crippen molar-refractivity contribution in [2.75, 3.05) is 0 Å². The van der Waals surface area contributed by atoms with Crippen LogP contribution in [0.1, 0.15) is 64.3 Å². The molecule has 0 atom stereocenters. The number of halogens is 2. The predicted molar refractivity (Wildman–Crippen MR) is 127 cm³/mol. The van der Waals surface area contributed by atoms with E-state index in [0.717, 1.165) is 46.5 Å². The van der Waals surface area contributed by atoms with E-state index < -0.39 is 18.3 Å². The maximum atomic E-state index is 13.9. The summed E-state index contributed by atoms with van der Waals surface area (Å²) in [4.78, 5) is 9.32. The fourth-order valence-electron chi connectivity index (χ4n) is 5.04. The molecule has 0 saturated heterocycles. The Kier molecular flexibility index (Phi) is 4.53. The molecule has 0 amide bonds. The highest BCUT2D eigenvalue weighted by atomic mass is 19.3. The van der Waals surface area contributed by atoms with Crippen LogP contribution in [0.15, 0.2) is 41.3 Å². The average Bonchev–Trinajstić information content (AvgIpc) is 3.55. The van der Waals surface area contributed by atoms with E-state index in [4.69, 9.17) is 12.2 Å². The molecule has 6 rings (SSSR count). The second-order valence-corrected chi connectivity index (χ2v) is 9.71. The summed E-state index contributed by atoms with van der Waals surface area (Å²) in [6, 6.07) is 5.90. The third kappa shape index (κ3) is 3.91. The van der Waals surface area contributed by atoms with Crippen molar-refractivity contribution in [3.8, 4) is 22.3 Å². The lowest BCUT2D eigenvalue weighted by Gasteiger charge is -2.28. The Hall–Kier alpha value is -3.09. The Bertz CT molecular complexity index is 1430. The van der Waals surface area contributed by atoms with Crippen LogP contribution in [-0.2, 0) is 6.50 Å².